The molecule has 0 aliphatic rings. The van der Waals surface area contributed by atoms with Gasteiger partial charge in [0.15, 0.2) is 0 Å². The third-order valence-electron chi connectivity index (χ3n) is 3.24. The van der Waals surface area contributed by atoms with Crippen molar-refractivity contribution in [2.24, 2.45) is 5.73 Å². The molecule has 0 saturated heterocycles. The SMILES string of the molecule is CC[C@H](S)CCCCC(=O)NCCCC[C@H](N)C(=O)O. The minimum atomic E-state index is -0.969. The lowest BCUT2D eigenvalue weighted by Crippen LogP contribution is -2.30. The summed E-state index contributed by atoms with van der Waals surface area (Å²) in [6, 6.07) is -0.793. The summed E-state index contributed by atoms with van der Waals surface area (Å²) in [7, 11) is 0. The Balaban J connectivity index is 3.39. The summed E-state index contributed by atoms with van der Waals surface area (Å²) in [5.74, 6) is -0.900. The molecule has 0 rings (SSSR count). The molecule has 0 aliphatic heterocycles. The third-order valence-corrected chi connectivity index (χ3v) is 3.87. The number of nitrogens with one attached hydrogen (secondary N) is 1. The molecule has 20 heavy (non-hydrogen) atoms. The summed E-state index contributed by atoms with van der Waals surface area (Å²) >= 11 is 4.41. The molecule has 0 saturated carbocycles. The lowest BCUT2D eigenvalue weighted by Gasteiger charge is -2.08. The molecule has 0 spiro atoms. The molecule has 0 aliphatic carbocycles. The number of carboxylic acids is 1. The van der Waals surface area contributed by atoms with Gasteiger partial charge in [-0.2, -0.15) is 12.6 Å². The van der Waals surface area contributed by atoms with Crippen LogP contribution in [0.4, 0.5) is 0 Å². The fraction of sp³-hybridized carbons (Fsp3) is 0.857. The van der Waals surface area contributed by atoms with Gasteiger partial charge in [-0.25, -0.2) is 0 Å². The smallest absolute Gasteiger partial charge is 0.320 e. The Morgan fingerprint density at radius 2 is 1.85 bits per heavy atom. The van der Waals surface area contributed by atoms with Crippen LogP contribution in [0.25, 0.3) is 0 Å². The van der Waals surface area contributed by atoms with Crippen molar-refractivity contribution in [1.29, 1.82) is 0 Å². The predicted molar refractivity (Wildman–Crippen MR) is 84.0 cm³/mol. The molecule has 2 atom stereocenters. The predicted octanol–water partition coefficient (Wildman–Crippen LogP) is 1.95. The molecular formula is C14H28N2O3S. The molecule has 0 heterocycles. The van der Waals surface area contributed by atoms with Crippen molar-refractivity contribution < 1.29 is 14.7 Å². The summed E-state index contributed by atoms with van der Waals surface area (Å²) < 4.78 is 0. The number of unbranched alkanes of at least 4 members (excludes halogenated alkanes) is 2. The van der Waals surface area contributed by atoms with Crippen LogP contribution in [-0.4, -0.2) is 34.8 Å². The first-order valence-electron chi connectivity index (χ1n) is 7.40. The first kappa shape index (κ1) is 19.2. The number of hydrogen-bond donors (Lipinski definition) is 4. The van der Waals surface area contributed by atoms with Gasteiger partial charge >= 0.3 is 5.97 Å². The van der Waals surface area contributed by atoms with E-state index in [4.69, 9.17) is 10.8 Å². The number of carbonyl (C=O) groups is 2. The highest BCUT2D eigenvalue weighted by atomic mass is 32.1. The fourth-order valence-corrected chi connectivity index (χ4v) is 1.98. The summed E-state index contributed by atoms with van der Waals surface area (Å²) in [5.41, 5.74) is 5.38. The second-order valence-electron chi connectivity index (χ2n) is 5.10. The number of hydrogen-bond acceptors (Lipinski definition) is 4. The summed E-state index contributed by atoms with van der Waals surface area (Å²) in [6.07, 6.45) is 6.53. The van der Waals surface area contributed by atoms with Crippen molar-refractivity contribution in [2.45, 2.75) is 69.6 Å². The second kappa shape index (κ2) is 12.0. The highest BCUT2D eigenvalue weighted by Crippen LogP contribution is 2.11. The van der Waals surface area contributed by atoms with Crippen molar-refractivity contribution in [3.63, 3.8) is 0 Å². The maximum atomic E-state index is 11.5. The van der Waals surface area contributed by atoms with Gasteiger partial charge in [-0.3, -0.25) is 9.59 Å². The summed E-state index contributed by atoms with van der Waals surface area (Å²) in [5, 5.41) is 11.9. The van der Waals surface area contributed by atoms with Crippen LogP contribution in [0.15, 0.2) is 0 Å². The van der Waals surface area contributed by atoms with E-state index in [2.05, 4.69) is 24.9 Å². The Hall–Kier alpha value is -0.750. The quantitative estimate of drug-likeness (QED) is 0.327. The average Bonchev–Trinajstić information content (AvgIpc) is 2.42. The van der Waals surface area contributed by atoms with Crippen LogP contribution in [0.3, 0.4) is 0 Å². The number of thiol groups is 1. The molecule has 0 radical (unpaired) electrons. The third kappa shape index (κ3) is 11.1. The van der Waals surface area contributed by atoms with Gasteiger partial charge in [-0.05, 0) is 38.5 Å². The molecule has 0 unspecified atom stereocenters. The molecule has 1 amide bonds. The maximum absolute atomic E-state index is 11.5. The van der Waals surface area contributed by atoms with E-state index in [1.54, 1.807) is 0 Å². The van der Waals surface area contributed by atoms with Gasteiger partial charge in [0.25, 0.3) is 0 Å². The Kier molecular flexibility index (Phi) is 11.6. The molecular weight excluding hydrogens is 276 g/mol. The zero-order chi connectivity index (χ0) is 15.4. The highest BCUT2D eigenvalue weighted by molar-refractivity contribution is 7.80. The van der Waals surface area contributed by atoms with Crippen molar-refractivity contribution in [2.75, 3.05) is 6.54 Å². The lowest BCUT2D eigenvalue weighted by molar-refractivity contribution is -0.138. The maximum Gasteiger partial charge on any atom is 0.320 e. The van der Waals surface area contributed by atoms with Crippen LogP contribution in [0.5, 0.6) is 0 Å². The van der Waals surface area contributed by atoms with Gasteiger partial charge in [0, 0.05) is 18.2 Å². The lowest BCUT2D eigenvalue weighted by atomic mass is 10.1. The minimum Gasteiger partial charge on any atom is -0.480 e. The highest BCUT2D eigenvalue weighted by Gasteiger charge is 2.10. The average molecular weight is 304 g/mol. The summed E-state index contributed by atoms with van der Waals surface area (Å²) in [6.45, 7) is 2.70. The molecule has 4 N–H and O–H groups in total. The van der Waals surface area contributed by atoms with E-state index >= 15 is 0 Å². The molecule has 0 aromatic carbocycles. The molecule has 0 aromatic heterocycles. The Morgan fingerprint density at radius 3 is 2.45 bits per heavy atom. The Morgan fingerprint density at radius 1 is 1.20 bits per heavy atom. The van der Waals surface area contributed by atoms with Crippen molar-refractivity contribution >= 4 is 24.5 Å². The zero-order valence-electron chi connectivity index (χ0n) is 12.3. The topological polar surface area (TPSA) is 92.4 Å². The molecule has 118 valence electrons. The van der Waals surface area contributed by atoms with Gasteiger partial charge in [0.1, 0.15) is 6.04 Å². The first-order valence-corrected chi connectivity index (χ1v) is 7.92. The number of rotatable bonds is 12. The standard InChI is InChI=1S/C14H28N2O3S/c1-2-11(20)7-3-4-9-13(17)16-10-6-5-8-12(15)14(18)19/h11-12,20H,2-10,15H2,1H3,(H,16,17)(H,18,19)/t11-,12-/m0/s1. The van der Waals surface area contributed by atoms with Gasteiger partial charge in [-0.15, -0.1) is 0 Å². The van der Waals surface area contributed by atoms with Gasteiger partial charge in [0.2, 0.25) is 5.91 Å². The number of aliphatic carboxylic acids is 1. The number of carbonyl (C=O) groups excluding carboxylic acids is 1. The van der Waals surface area contributed by atoms with Gasteiger partial charge in [-0.1, -0.05) is 13.3 Å². The first-order chi connectivity index (χ1) is 9.47. The molecule has 0 fully saturated rings. The van der Waals surface area contributed by atoms with Crippen LogP contribution in [0, 0.1) is 0 Å². The molecule has 0 bridgehead atoms. The van der Waals surface area contributed by atoms with E-state index in [9.17, 15) is 9.59 Å². The fourth-order valence-electron chi connectivity index (χ4n) is 1.80. The molecule has 5 nitrogen and oxygen atoms in total. The second-order valence-corrected chi connectivity index (χ2v) is 5.83. The summed E-state index contributed by atoms with van der Waals surface area (Å²) in [4.78, 5) is 22.0. The van der Waals surface area contributed by atoms with Crippen molar-refractivity contribution in [3.8, 4) is 0 Å². The molecule has 6 heteroatoms. The van der Waals surface area contributed by atoms with Crippen LogP contribution >= 0.6 is 12.6 Å². The van der Waals surface area contributed by atoms with Gasteiger partial charge in [0.05, 0.1) is 0 Å². The van der Waals surface area contributed by atoms with E-state index in [1.807, 2.05) is 0 Å². The number of amides is 1. The van der Waals surface area contributed by atoms with Crippen molar-refractivity contribution in [1.82, 2.24) is 5.32 Å². The van der Waals surface area contributed by atoms with Crippen LogP contribution in [-0.2, 0) is 9.59 Å². The van der Waals surface area contributed by atoms with Crippen molar-refractivity contribution in [3.05, 3.63) is 0 Å². The Bertz CT molecular complexity index is 288. The number of carboxylic acid groups (broad SMARTS) is 1. The van der Waals surface area contributed by atoms with Crippen LogP contribution in [0.2, 0.25) is 0 Å². The largest absolute Gasteiger partial charge is 0.480 e. The minimum absolute atomic E-state index is 0.0692. The van der Waals surface area contributed by atoms with E-state index in [0.717, 1.165) is 32.1 Å². The van der Waals surface area contributed by atoms with E-state index in [0.29, 0.717) is 31.1 Å². The monoisotopic (exact) mass is 304 g/mol. The van der Waals surface area contributed by atoms with Crippen LogP contribution < -0.4 is 11.1 Å². The van der Waals surface area contributed by atoms with E-state index in [1.165, 1.54) is 0 Å². The zero-order valence-corrected chi connectivity index (χ0v) is 13.2. The molecule has 0 aromatic rings. The van der Waals surface area contributed by atoms with Gasteiger partial charge < -0.3 is 16.2 Å². The van der Waals surface area contributed by atoms with Crippen LogP contribution in [0.1, 0.15) is 58.3 Å². The van der Waals surface area contributed by atoms with E-state index in [-0.39, 0.29) is 5.91 Å². The normalized spacial score (nSPS) is 13.8. The van der Waals surface area contributed by atoms with E-state index < -0.39 is 12.0 Å². The Labute approximate surface area is 127 Å². The number of nitrogens with two attached hydrogens (primary N) is 1.